The highest BCUT2D eigenvalue weighted by Gasteiger charge is 2.32. The van der Waals surface area contributed by atoms with Crippen molar-refractivity contribution >= 4 is 6.08 Å². The monoisotopic (exact) mass is 213 g/mol. The van der Waals surface area contributed by atoms with E-state index in [4.69, 9.17) is 0 Å². The maximum absolute atomic E-state index is 12.1. The van der Waals surface area contributed by atoms with Crippen molar-refractivity contribution in [3.8, 4) is 5.75 Å². The maximum Gasteiger partial charge on any atom is 0.573 e. The van der Waals surface area contributed by atoms with Crippen LogP contribution in [0.5, 0.6) is 5.75 Å². The first-order valence-electron chi connectivity index (χ1n) is 4.02. The van der Waals surface area contributed by atoms with Gasteiger partial charge in [0, 0.05) is 11.1 Å². The van der Waals surface area contributed by atoms with Crippen molar-refractivity contribution in [3.63, 3.8) is 0 Å². The largest absolute Gasteiger partial charge is 0.573 e. The predicted molar refractivity (Wildman–Crippen MR) is 51.2 cm³/mol. The molecule has 0 aliphatic rings. The minimum absolute atomic E-state index is 0.157. The van der Waals surface area contributed by atoms with Crippen molar-refractivity contribution in [2.45, 2.75) is 6.36 Å². The Morgan fingerprint density at radius 1 is 1.33 bits per heavy atom. The van der Waals surface area contributed by atoms with Gasteiger partial charge in [0.2, 0.25) is 0 Å². The molecule has 4 heteroatoms. The maximum atomic E-state index is 12.1. The number of alkyl halides is 3. The SMILES string of the molecule is C=[C]c1cccc(C=C)c1OC(F)(F)F. The van der Waals surface area contributed by atoms with Crippen molar-refractivity contribution in [2.75, 3.05) is 0 Å². The number of benzene rings is 1. The lowest BCUT2D eigenvalue weighted by atomic mass is 10.1. The summed E-state index contributed by atoms with van der Waals surface area (Å²) in [6, 6.07) is 4.48. The summed E-state index contributed by atoms with van der Waals surface area (Å²) >= 11 is 0. The molecule has 0 spiro atoms. The van der Waals surface area contributed by atoms with Crippen LogP contribution in [0.15, 0.2) is 31.4 Å². The molecule has 1 aromatic carbocycles. The van der Waals surface area contributed by atoms with Crippen LogP contribution < -0.4 is 4.74 Å². The summed E-state index contributed by atoms with van der Waals surface area (Å²) < 4.78 is 40.1. The molecule has 1 rings (SSSR count). The molecule has 0 N–H and O–H groups in total. The molecule has 79 valence electrons. The Labute approximate surface area is 85.5 Å². The van der Waals surface area contributed by atoms with Crippen LogP contribution in [0.3, 0.4) is 0 Å². The summed E-state index contributed by atoms with van der Waals surface area (Å²) in [6.45, 7) is 6.69. The van der Waals surface area contributed by atoms with E-state index in [0.29, 0.717) is 0 Å². The zero-order chi connectivity index (χ0) is 11.5. The fourth-order valence-corrected chi connectivity index (χ4v) is 1.08. The van der Waals surface area contributed by atoms with E-state index in [1.165, 1.54) is 18.2 Å². The van der Waals surface area contributed by atoms with Crippen molar-refractivity contribution in [3.05, 3.63) is 48.6 Å². The van der Waals surface area contributed by atoms with E-state index in [-0.39, 0.29) is 16.9 Å². The lowest BCUT2D eigenvalue weighted by molar-refractivity contribution is -0.274. The van der Waals surface area contributed by atoms with Gasteiger partial charge >= 0.3 is 6.36 Å². The summed E-state index contributed by atoms with van der Waals surface area (Å²) in [5.74, 6) is -0.324. The number of para-hydroxylation sites is 1. The molecule has 0 saturated carbocycles. The fraction of sp³-hybridized carbons (Fsp3) is 0.0909. The van der Waals surface area contributed by atoms with E-state index < -0.39 is 6.36 Å². The zero-order valence-corrected chi connectivity index (χ0v) is 7.77. The number of ether oxygens (including phenoxy) is 1. The minimum atomic E-state index is -4.73. The Bertz CT molecular complexity index is 354. The van der Waals surface area contributed by atoms with Crippen LogP contribution in [0, 0.1) is 6.08 Å². The fourth-order valence-electron chi connectivity index (χ4n) is 1.08. The average Bonchev–Trinajstić information content (AvgIpc) is 2.16. The molecule has 0 unspecified atom stereocenters. The minimum Gasteiger partial charge on any atom is -0.404 e. The molecule has 0 aromatic heterocycles. The standard InChI is InChI=1S/C11H8F3O/c1-3-8-6-5-7-9(4-2)10(8)15-11(12,13)14/h3,5-7H,1-2H2. The summed E-state index contributed by atoms with van der Waals surface area (Å²) in [6.07, 6.45) is -1.08. The third kappa shape index (κ3) is 2.87. The van der Waals surface area contributed by atoms with Gasteiger partial charge in [0.05, 0.1) is 0 Å². The third-order valence-corrected chi connectivity index (χ3v) is 1.67. The quantitative estimate of drug-likeness (QED) is 0.745. The van der Waals surface area contributed by atoms with Crippen LogP contribution in [0.1, 0.15) is 11.1 Å². The van der Waals surface area contributed by atoms with Gasteiger partial charge in [-0.25, -0.2) is 0 Å². The molecule has 0 bridgehead atoms. The van der Waals surface area contributed by atoms with E-state index in [0.717, 1.165) is 0 Å². The Kier molecular flexibility index (Phi) is 3.19. The van der Waals surface area contributed by atoms with Gasteiger partial charge in [-0.15, -0.1) is 13.2 Å². The molecule has 0 amide bonds. The summed E-state index contributed by atoms with van der Waals surface area (Å²) in [7, 11) is 0. The van der Waals surface area contributed by atoms with Crippen LogP contribution >= 0.6 is 0 Å². The molecule has 0 aliphatic heterocycles. The Balaban J connectivity index is 3.22. The highest BCUT2D eigenvalue weighted by Crippen LogP contribution is 2.30. The van der Waals surface area contributed by atoms with Gasteiger partial charge in [0.15, 0.2) is 0 Å². The molecule has 15 heavy (non-hydrogen) atoms. The van der Waals surface area contributed by atoms with Crippen LogP contribution in [0.25, 0.3) is 6.08 Å². The smallest absolute Gasteiger partial charge is 0.404 e. The zero-order valence-electron chi connectivity index (χ0n) is 7.77. The first-order chi connectivity index (χ1) is 6.98. The number of halogens is 3. The second kappa shape index (κ2) is 4.21. The second-order valence-corrected chi connectivity index (χ2v) is 2.65. The molecule has 0 heterocycles. The lowest BCUT2D eigenvalue weighted by Gasteiger charge is -2.13. The average molecular weight is 213 g/mol. The first-order valence-corrected chi connectivity index (χ1v) is 4.02. The number of rotatable bonds is 3. The van der Waals surface area contributed by atoms with Gasteiger partial charge in [-0.05, 0) is 6.08 Å². The molecule has 0 fully saturated rings. The Hall–Kier alpha value is -1.71. The van der Waals surface area contributed by atoms with E-state index >= 15 is 0 Å². The van der Waals surface area contributed by atoms with Gasteiger partial charge in [-0.2, -0.15) is 0 Å². The van der Waals surface area contributed by atoms with Crippen molar-refractivity contribution in [1.82, 2.24) is 0 Å². The third-order valence-electron chi connectivity index (χ3n) is 1.67. The van der Waals surface area contributed by atoms with Crippen LogP contribution in [0.4, 0.5) is 13.2 Å². The molecular weight excluding hydrogens is 205 g/mol. The highest BCUT2D eigenvalue weighted by molar-refractivity contribution is 5.59. The first kappa shape index (κ1) is 11.4. The number of hydrogen-bond acceptors (Lipinski definition) is 1. The molecule has 1 aromatic rings. The number of hydrogen-bond donors (Lipinski definition) is 0. The van der Waals surface area contributed by atoms with Crippen LogP contribution in [-0.4, -0.2) is 6.36 Å². The Morgan fingerprint density at radius 3 is 2.47 bits per heavy atom. The van der Waals surface area contributed by atoms with Gasteiger partial charge in [0.1, 0.15) is 5.75 Å². The Morgan fingerprint density at radius 2 is 2.00 bits per heavy atom. The predicted octanol–water partition coefficient (Wildman–Crippen LogP) is 3.57. The molecule has 0 aliphatic carbocycles. The summed E-state index contributed by atoms with van der Waals surface area (Å²) in [5.41, 5.74) is 0.408. The van der Waals surface area contributed by atoms with Crippen LogP contribution in [-0.2, 0) is 0 Å². The highest BCUT2D eigenvalue weighted by atomic mass is 19.4. The van der Waals surface area contributed by atoms with Gasteiger partial charge in [-0.1, -0.05) is 37.4 Å². The van der Waals surface area contributed by atoms with E-state index in [2.05, 4.69) is 24.0 Å². The molecule has 1 nitrogen and oxygen atoms in total. The summed E-state index contributed by atoms with van der Waals surface area (Å²) in [5, 5.41) is 0. The van der Waals surface area contributed by atoms with Crippen molar-refractivity contribution < 1.29 is 17.9 Å². The normalized spacial score (nSPS) is 10.9. The lowest BCUT2D eigenvalue weighted by Crippen LogP contribution is -2.18. The molecule has 1 radical (unpaired) electrons. The van der Waals surface area contributed by atoms with Gasteiger partial charge < -0.3 is 4.74 Å². The summed E-state index contributed by atoms with van der Waals surface area (Å²) in [4.78, 5) is 0. The molecule has 0 atom stereocenters. The van der Waals surface area contributed by atoms with Crippen molar-refractivity contribution in [1.29, 1.82) is 0 Å². The van der Waals surface area contributed by atoms with E-state index in [9.17, 15) is 13.2 Å². The molecular formula is C11H8F3O. The second-order valence-electron chi connectivity index (χ2n) is 2.65. The van der Waals surface area contributed by atoms with Crippen molar-refractivity contribution in [2.24, 2.45) is 0 Å². The topological polar surface area (TPSA) is 9.23 Å². The van der Waals surface area contributed by atoms with Gasteiger partial charge in [0.25, 0.3) is 0 Å². The van der Waals surface area contributed by atoms with E-state index in [1.54, 1.807) is 6.07 Å². The van der Waals surface area contributed by atoms with Crippen LogP contribution in [0.2, 0.25) is 0 Å². The van der Waals surface area contributed by atoms with E-state index in [1.807, 2.05) is 0 Å². The van der Waals surface area contributed by atoms with Gasteiger partial charge in [-0.3, -0.25) is 0 Å². The molecule has 0 saturated heterocycles.